The van der Waals surface area contributed by atoms with Gasteiger partial charge < -0.3 is 9.84 Å². The molecule has 0 fully saturated rings. The van der Waals surface area contributed by atoms with Gasteiger partial charge in [0.05, 0.1) is 0 Å². The molecule has 1 N–H and O–H groups in total. The summed E-state index contributed by atoms with van der Waals surface area (Å²) in [7, 11) is 0. The monoisotopic (exact) mass is 282 g/mol. The predicted molar refractivity (Wildman–Crippen MR) is 68.2 cm³/mol. The van der Waals surface area contributed by atoms with E-state index in [0.29, 0.717) is 5.75 Å². The smallest absolute Gasteiger partial charge is 0.418 e. The summed E-state index contributed by atoms with van der Waals surface area (Å²) in [4.78, 5) is 0. The highest BCUT2D eigenvalue weighted by Crippen LogP contribution is 2.32. The molecule has 106 valence electrons. The molecule has 0 spiro atoms. The highest BCUT2D eigenvalue weighted by molar-refractivity contribution is 5.26. The van der Waals surface area contributed by atoms with Crippen LogP contribution in [-0.4, -0.2) is 11.3 Å². The van der Waals surface area contributed by atoms with Crippen LogP contribution in [0, 0.1) is 0 Å². The molecule has 0 amide bonds. The third-order valence-electron chi connectivity index (χ3n) is 2.75. The first kappa shape index (κ1) is 14.4. The Balaban J connectivity index is 1.98. The summed E-state index contributed by atoms with van der Waals surface area (Å²) in [5, 5.41) is 9.10. The molecule has 0 saturated carbocycles. The summed E-state index contributed by atoms with van der Waals surface area (Å²) in [6.07, 6.45) is -7.10. The minimum Gasteiger partial charge on any atom is -0.489 e. The second-order valence-corrected chi connectivity index (χ2v) is 4.29. The topological polar surface area (TPSA) is 29.5 Å². The van der Waals surface area contributed by atoms with Crippen molar-refractivity contribution in [1.29, 1.82) is 0 Å². The molecule has 1 unspecified atom stereocenters. The Morgan fingerprint density at radius 3 is 2.10 bits per heavy atom. The second kappa shape index (κ2) is 5.96. The van der Waals surface area contributed by atoms with Crippen LogP contribution in [0.1, 0.15) is 17.2 Å². The number of ether oxygens (including phenoxy) is 1. The van der Waals surface area contributed by atoms with E-state index < -0.39 is 12.3 Å². The molecule has 0 heterocycles. The lowest BCUT2D eigenvalue weighted by Crippen LogP contribution is -2.20. The van der Waals surface area contributed by atoms with E-state index in [4.69, 9.17) is 9.84 Å². The summed E-state index contributed by atoms with van der Waals surface area (Å²) < 4.78 is 42.5. The number of halogens is 3. The molecule has 20 heavy (non-hydrogen) atoms. The number of aliphatic hydroxyl groups is 1. The van der Waals surface area contributed by atoms with Gasteiger partial charge in [-0.1, -0.05) is 42.5 Å². The van der Waals surface area contributed by atoms with Crippen molar-refractivity contribution in [2.75, 3.05) is 0 Å². The van der Waals surface area contributed by atoms with Gasteiger partial charge in [-0.2, -0.15) is 13.2 Å². The van der Waals surface area contributed by atoms with E-state index in [1.54, 1.807) is 12.1 Å². The summed E-state index contributed by atoms with van der Waals surface area (Å²) in [6, 6.07) is 14.6. The molecule has 0 aliphatic heterocycles. The molecule has 0 aromatic heterocycles. The lowest BCUT2D eigenvalue weighted by Gasteiger charge is -2.15. The fraction of sp³-hybridized carbons (Fsp3) is 0.200. The van der Waals surface area contributed by atoms with E-state index in [2.05, 4.69) is 0 Å². The zero-order valence-electron chi connectivity index (χ0n) is 10.5. The summed E-state index contributed by atoms with van der Waals surface area (Å²) in [5.74, 6) is 0.687. The Bertz CT molecular complexity index is 535. The first-order chi connectivity index (χ1) is 9.47. The normalized spacial score (nSPS) is 13.0. The first-order valence-electron chi connectivity index (χ1n) is 5.98. The predicted octanol–water partition coefficient (Wildman–Crippen LogP) is 3.86. The lowest BCUT2D eigenvalue weighted by molar-refractivity contribution is -0.206. The number of para-hydroxylation sites is 1. The lowest BCUT2D eigenvalue weighted by atomic mass is 10.1. The fourth-order valence-corrected chi connectivity index (χ4v) is 1.67. The SMILES string of the molecule is OC(c1ccc(COc2ccccc2)cc1)C(F)(F)F. The van der Waals surface area contributed by atoms with Crippen LogP contribution in [0.15, 0.2) is 54.6 Å². The molecule has 5 heteroatoms. The van der Waals surface area contributed by atoms with E-state index >= 15 is 0 Å². The number of hydrogen-bond acceptors (Lipinski definition) is 2. The molecule has 2 rings (SSSR count). The number of hydrogen-bond donors (Lipinski definition) is 1. The first-order valence-corrected chi connectivity index (χ1v) is 5.98. The third-order valence-corrected chi connectivity index (χ3v) is 2.75. The van der Waals surface area contributed by atoms with E-state index in [0.717, 1.165) is 5.56 Å². The fourth-order valence-electron chi connectivity index (χ4n) is 1.67. The minimum absolute atomic E-state index is 0.180. The third kappa shape index (κ3) is 3.74. The van der Waals surface area contributed by atoms with Gasteiger partial charge in [0.1, 0.15) is 12.4 Å². The maximum atomic E-state index is 12.3. The van der Waals surface area contributed by atoms with Crippen LogP contribution in [-0.2, 0) is 6.61 Å². The van der Waals surface area contributed by atoms with Crippen LogP contribution < -0.4 is 4.74 Å². The minimum atomic E-state index is -4.65. The van der Waals surface area contributed by atoms with Gasteiger partial charge in [-0.25, -0.2) is 0 Å². The number of aliphatic hydroxyl groups excluding tert-OH is 1. The largest absolute Gasteiger partial charge is 0.489 e. The summed E-state index contributed by atoms with van der Waals surface area (Å²) >= 11 is 0. The molecule has 2 nitrogen and oxygen atoms in total. The van der Waals surface area contributed by atoms with Gasteiger partial charge >= 0.3 is 6.18 Å². The Hall–Kier alpha value is -2.01. The van der Waals surface area contributed by atoms with Gasteiger partial charge in [-0.3, -0.25) is 0 Å². The number of rotatable bonds is 4. The van der Waals surface area contributed by atoms with Crippen molar-refractivity contribution in [2.45, 2.75) is 18.9 Å². The average molecular weight is 282 g/mol. The quantitative estimate of drug-likeness (QED) is 0.922. The Morgan fingerprint density at radius 1 is 0.950 bits per heavy atom. The summed E-state index contributed by atoms with van der Waals surface area (Å²) in [5.41, 5.74) is 0.549. The van der Waals surface area contributed by atoms with Crippen molar-refractivity contribution in [1.82, 2.24) is 0 Å². The van der Waals surface area contributed by atoms with Gasteiger partial charge in [-0.05, 0) is 23.3 Å². The van der Waals surface area contributed by atoms with Crippen LogP contribution in [0.5, 0.6) is 5.75 Å². The van der Waals surface area contributed by atoms with Crippen molar-refractivity contribution >= 4 is 0 Å². The molecule has 1 atom stereocenters. The van der Waals surface area contributed by atoms with Crippen LogP contribution >= 0.6 is 0 Å². The number of alkyl halides is 3. The van der Waals surface area contributed by atoms with Crippen LogP contribution in [0.2, 0.25) is 0 Å². The molecule has 0 bridgehead atoms. The Kier molecular flexibility index (Phi) is 4.29. The van der Waals surface area contributed by atoms with Crippen molar-refractivity contribution in [3.05, 3.63) is 65.7 Å². The van der Waals surface area contributed by atoms with E-state index in [1.165, 1.54) is 24.3 Å². The zero-order chi connectivity index (χ0) is 14.6. The molecule has 2 aromatic carbocycles. The van der Waals surface area contributed by atoms with Crippen LogP contribution in [0.4, 0.5) is 13.2 Å². The highest BCUT2D eigenvalue weighted by atomic mass is 19.4. The van der Waals surface area contributed by atoms with Crippen molar-refractivity contribution in [2.24, 2.45) is 0 Å². The average Bonchev–Trinajstić information content (AvgIpc) is 2.45. The van der Waals surface area contributed by atoms with Crippen molar-refractivity contribution in [3.63, 3.8) is 0 Å². The highest BCUT2D eigenvalue weighted by Gasteiger charge is 2.39. The van der Waals surface area contributed by atoms with Crippen molar-refractivity contribution in [3.8, 4) is 5.75 Å². The molecular weight excluding hydrogens is 269 g/mol. The molecule has 0 aliphatic carbocycles. The van der Waals surface area contributed by atoms with Gasteiger partial charge in [0, 0.05) is 0 Å². The molecule has 0 aliphatic rings. The maximum absolute atomic E-state index is 12.3. The standard InChI is InChI=1S/C15H13F3O2/c16-15(17,18)14(19)12-8-6-11(7-9-12)10-20-13-4-2-1-3-5-13/h1-9,14,19H,10H2. The molecular formula is C15H13F3O2. The van der Waals surface area contributed by atoms with Gasteiger partial charge in [0.2, 0.25) is 0 Å². The second-order valence-electron chi connectivity index (χ2n) is 4.29. The Morgan fingerprint density at radius 2 is 1.55 bits per heavy atom. The molecule has 0 saturated heterocycles. The van der Waals surface area contributed by atoms with E-state index in [-0.39, 0.29) is 12.2 Å². The van der Waals surface area contributed by atoms with Crippen LogP contribution in [0.3, 0.4) is 0 Å². The van der Waals surface area contributed by atoms with Crippen LogP contribution in [0.25, 0.3) is 0 Å². The van der Waals surface area contributed by atoms with E-state index in [9.17, 15) is 13.2 Å². The molecule has 2 aromatic rings. The Labute approximate surface area is 114 Å². The zero-order valence-corrected chi connectivity index (χ0v) is 10.5. The van der Waals surface area contributed by atoms with Gasteiger partial charge in [0.15, 0.2) is 6.10 Å². The van der Waals surface area contributed by atoms with Gasteiger partial charge in [0.25, 0.3) is 0 Å². The number of benzene rings is 2. The maximum Gasteiger partial charge on any atom is 0.418 e. The van der Waals surface area contributed by atoms with E-state index in [1.807, 2.05) is 18.2 Å². The molecule has 0 radical (unpaired) electrons. The van der Waals surface area contributed by atoms with Crippen molar-refractivity contribution < 1.29 is 23.0 Å². The summed E-state index contributed by atoms with van der Waals surface area (Å²) in [6.45, 7) is 0.256. The van der Waals surface area contributed by atoms with Gasteiger partial charge in [-0.15, -0.1) is 0 Å².